The molecule has 0 saturated carbocycles. The monoisotopic (exact) mass is 234 g/mol. The second-order valence-electron chi connectivity index (χ2n) is 3.15. The molecule has 0 spiro atoms. The van der Waals surface area contributed by atoms with Crippen LogP contribution in [0.4, 0.5) is 11.5 Å². The topological polar surface area (TPSA) is 122 Å². The maximum Gasteiger partial charge on any atom is 0.377 e. The molecule has 0 unspecified atom stereocenters. The van der Waals surface area contributed by atoms with Gasteiger partial charge in [0.25, 0.3) is 5.82 Å². The van der Waals surface area contributed by atoms with Crippen LogP contribution in [-0.2, 0) is 4.74 Å². The Kier molecular flexibility index (Phi) is 2.61. The highest BCUT2D eigenvalue weighted by Crippen LogP contribution is 2.13. The van der Waals surface area contributed by atoms with Gasteiger partial charge in [0.15, 0.2) is 5.82 Å². The van der Waals surface area contributed by atoms with Crippen molar-refractivity contribution in [3.63, 3.8) is 0 Å². The summed E-state index contributed by atoms with van der Waals surface area (Å²) in [4.78, 5) is 18.9. The van der Waals surface area contributed by atoms with Crippen molar-refractivity contribution in [2.75, 3.05) is 18.6 Å². The van der Waals surface area contributed by atoms with Crippen LogP contribution in [0.2, 0.25) is 0 Å². The summed E-state index contributed by atoms with van der Waals surface area (Å²) in [6.07, 6.45) is 1.34. The number of methoxy groups -OCH3 is 1. The molecule has 0 amide bonds. The number of rotatable bonds is 2. The van der Waals surface area contributed by atoms with Crippen molar-refractivity contribution in [3.05, 3.63) is 24.3 Å². The molecule has 0 bridgehead atoms. The van der Waals surface area contributed by atoms with Crippen LogP contribution >= 0.6 is 0 Å². The van der Waals surface area contributed by atoms with E-state index < -0.39 is 5.97 Å². The van der Waals surface area contributed by atoms with Crippen LogP contribution in [0.25, 0.3) is 5.82 Å². The fraction of sp³-hybridized carbons (Fsp3) is 0.111. The van der Waals surface area contributed by atoms with Gasteiger partial charge in [0.05, 0.1) is 12.8 Å². The first kappa shape index (κ1) is 10.9. The number of pyridine rings is 1. The Bertz CT molecular complexity index is 564. The highest BCUT2D eigenvalue weighted by atomic mass is 16.5. The molecule has 0 aliphatic rings. The van der Waals surface area contributed by atoms with Crippen LogP contribution < -0.4 is 11.5 Å². The lowest BCUT2D eigenvalue weighted by molar-refractivity contribution is 0.0587. The van der Waals surface area contributed by atoms with Crippen molar-refractivity contribution in [3.8, 4) is 5.82 Å². The van der Waals surface area contributed by atoms with Crippen molar-refractivity contribution >= 4 is 17.5 Å². The van der Waals surface area contributed by atoms with Gasteiger partial charge in [-0.15, -0.1) is 5.10 Å². The molecule has 0 atom stereocenters. The number of hydrogen-bond donors (Lipinski definition) is 2. The Morgan fingerprint density at radius 3 is 2.82 bits per heavy atom. The number of nitrogens with zero attached hydrogens (tertiary/aromatic N) is 4. The van der Waals surface area contributed by atoms with E-state index in [1.807, 2.05) is 0 Å². The first-order valence-corrected chi connectivity index (χ1v) is 4.64. The lowest BCUT2D eigenvalue weighted by atomic mass is 10.4. The highest BCUT2D eigenvalue weighted by molar-refractivity contribution is 5.84. The number of nitrogen functional groups attached to an aromatic ring is 2. The molecule has 2 aromatic rings. The highest BCUT2D eigenvalue weighted by Gasteiger charge is 2.12. The maximum atomic E-state index is 11.2. The van der Waals surface area contributed by atoms with E-state index in [1.54, 1.807) is 12.1 Å². The zero-order valence-electron chi connectivity index (χ0n) is 8.99. The second kappa shape index (κ2) is 4.08. The third kappa shape index (κ3) is 2.00. The van der Waals surface area contributed by atoms with Crippen LogP contribution in [-0.4, -0.2) is 32.8 Å². The minimum Gasteiger partial charge on any atom is -0.463 e. The van der Waals surface area contributed by atoms with Gasteiger partial charge in [-0.3, -0.25) is 0 Å². The van der Waals surface area contributed by atoms with Crippen molar-refractivity contribution < 1.29 is 9.53 Å². The zero-order valence-corrected chi connectivity index (χ0v) is 8.99. The SMILES string of the molecule is COC(=O)c1ncn(-c2ccc(N)c(N)n2)n1. The number of nitrogens with two attached hydrogens (primary N) is 2. The number of aromatic nitrogens is 4. The van der Waals surface area contributed by atoms with Gasteiger partial charge in [-0.05, 0) is 12.1 Å². The van der Waals surface area contributed by atoms with E-state index in [2.05, 4.69) is 19.8 Å². The largest absolute Gasteiger partial charge is 0.463 e. The number of hydrogen-bond acceptors (Lipinski definition) is 7. The number of anilines is 2. The lowest BCUT2D eigenvalue weighted by Crippen LogP contribution is -2.07. The average molecular weight is 234 g/mol. The fourth-order valence-electron chi connectivity index (χ4n) is 1.16. The molecule has 8 heteroatoms. The first-order chi connectivity index (χ1) is 8.11. The van der Waals surface area contributed by atoms with Crippen LogP contribution in [0, 0.1) is 0 Å². The summed E-state index contributed by atoms with van der Waals surface area (Å²) in [7, 11) is 1.25. The summed E-state index contributed by atoms with van der Waals surface area (Å²) in [6.45, 7) is 0. The average Bonchev–Trinajstić information content (AvgIpc) is 2.81. The molecule has 0 aromatic carbocycles. The summed E-state index contributed by atoms with van der Waals surface area (Å²) in [5, 5.41) is 3.89. The third-order valence-corrected chi connectivity index (χ3v) is 2.04. The lowest BCUT2D eigenvalue weighted by Gasteiger charge is -2.02. The molecule has 0 aliphatic heterocycles. The van der Waals surface area contributed by atoms with Gasteiger partial charge >= 0.3 is 5.97 Å². The third-order valence-electron chi connectivity index (χ3n) is 2.04. The molecule has 88 valence electrons. The predicted molar refractivity (Wildman–Crippen MR) is 59.3 cm³/mol. The smallest absolute Gasteiger partial charge is 0.377 e. The van der Waals surface area contributed by atoms with Gasteiger partial charge in [-0.25, -0.2) is 19.4 Å². The Labute approximate surface area is 96.2 Å². The normalized spacial score (nSPS) is 10.2. The van der Waals surface area contributed by atoms with E-state index in [4.69, 9.17) is 11.5 Å². The van der Waals surface area contributed by atoms with Crippen LogP contribution in [0.15, 0.2) is 18.5 Å². The predicted octanol–water partition coefficient (Wildman–Crippen LogP) is -0.387. The van der Waals surface area contributed by atoms with Gasteiger partial charge in [0.1, 0.15) is 12.1 Å². The zero-order chi connectivity index (χ0) is 12.4. The van der Waals surface area contributed by atoms with Gasteiger partial charge < -0.3 is 16.2 Å². The Balaban J connectivity index is 2.37. The van der Waals surface area contributed by atoms with E-state index in [0.29, 0.717) is 11.5 Å². The Morgan fingerprint density at radius 2 is 2.18 bits per heavy atom. The van der Waals surface area contributed by atoms with Crippen molar-refractivity contribution in [1.82, 2.24) is 19.7 Å². The molecule has 2 aromatic heterocycles. The summed E-state index contributed by atoms with van der Waals surface area (Å²) in [5.74, 6) is -0.0613. The van der Waals surface area contributed by atoms with Crippen molar-refractivity contribution in [2.24, 2.45) is 0 Å². The van der Waals surface area contributed by atoms with E-state index in [0.717, 1.165) is 0 Å². The van der Waals surface area contributed by atoms with Crippen LogP contribution in [0.5, 0.6) is 0 Å². The summed E-state index contributed by atoms with van der Waals surface area (Å²) < 4.78 is 5.79. The maximum absolute atomic E-state index is 11.2. The Hall–Kier alpha value is -2.64. The Morgan fingerprint density at radius 1 is 1.41 bits per heavy atom. The standard InChI is InChI=1S/C9H10N6O2/c1-17-9(16)8-12-4-15(14-8)6-3-2-5(10)7(11)13-6/h2-4H,10H2,1H3,(H2,11,13). The van der Waals surface area contributed by atoms with Crippen LogP contribution in [0.1, 0.15) is 10.6 Å². The van der Waals surface area contributed by atoms with Gasteiger partial charge in [-0.2, -0.15) is 0 Å². The van der Waals surface area contributed by atoms with E-state index in [-0.39, 0.29) is 11.6 Å². The molecular weight excluding hydrogens is 224 g/mol. The van der Waals surface area contributed by atoms with Crippen molar-refractivity contribution in [2.45, 2.75) is 0 Å². The quantitative estimate of drug-likeness (QED) is 0.678. The first-order valence-electron chi connectivity index (χ1n) is 4.64. The molecule has 8 nitrogen and oxygen atoms in total. The summed E-state index contributed by atoms with van der Waals surface area (Å²) >= 11 is 0. The van der Waals surface area contributed by atoms with E-state index in [9.17, 15) is 4.79 Å². The van der Waals surface area contributed by atoms with Crippen LogP contribution in [0.3, 0.4) is 0 Å². The molecule has 0 radical (unpaired) electrons. The number of carbonyl (C=O) groups is 1. The minimum absolute atomic E-state index is 0.0512. The molecular formula is C9H10N6O2. The number of ether oxygens (including phenoxy) is 1. The number of esters is 1. The molecule has 4 N–H and O–H groups in total. The van der Waals surface area contributed by atoms with Gasteiger partial charge in [-0.1, -0.05) is 0 Å². The fourth-order valence-corrected chi connectivity index (χ4v) is 1.16. The molecule has 0 saturated heterocycles. The van der Waals surface area contributed by atoms with Gasteiger partial charge in [0, 0.05) is 0 Å². The van der Waals surface area contributed by atoms with Crippen molar-refractivity contribution in [1.29, 1.82) is 0 Å². The second-order valence-corrected chi connectivity index (χ2v) is 3.15. The summed E-state index contributed by atoms with van der Waals surface area (Å²) in [6, 6.07) is 3.21. The van der Waals surface area contributed by atoms with Gasteiger partial charge in [0.2, 0.25) is 0 Å². The molecule has 2 heterocycles. The number of carbonyl (C=O) groups excluding carboxylic acids is 1. The molecule has 0 fully saturated rings. The minimum atomic E-state index is -0.618. The molecule has 17 heavy (non-hydrogen) atoms. The molecule has 2 rings (SSSR count). The summed E-state index contributed by atoms with van der Waals surface area (Å²) in [5.41, 5.74) is 11.5. The van der Waals surface area contributed by atoms with E-state index >= 15 is 0 Å². The molecule has 0 aliphatic carbocycles. The van der Waals surface area contributed by atoms with E-state index in [1.165, 1.54) is 18.1 Å².